The highest BCUT2D eigenvalue weighted by Gasteiger charge is 2.11. The fourth-order valence-corrected chi connectivity index (χ4v) is 1.32. The molecular weight excluding hydrogens is 181 g/mol. The first-order valence-corrected chi connectivity index (χ1v) is 4.34. The first-order chi connectivity index (χ1) is 6.77. The van der Waals surface area contributed by atoms with E-state index in [1.807, 2.05) is 0 Å². The van der Waals surface area contributed by atoms with E-state index in [0.29, 0.717) is 30.2 Å². The Kier molecular flexibility index (Phi) is 2.26. The number of hydrogen-bond acceptors (Lipinski definition) is 3. The molecule has 0 fully saturated rings. The van der Waals surface area contributed by atoms with Gasteiger partial charge < -0.3 is 5.73 Å². The molecule has 14 heavy (non-hydrogen) atoms. The second-order valence-electron chi connectivity index (χ2n) is 3.05. The summed E-state index contributed by atoms with van der Waals surface area (Å²) in [5.74, 6) is 0.243. The molecule has 2 rings (SSSR count). The van der Waals surface area contributed by atoms with Crippen LogP contribution in [0.4, 0.5) is 4.39 Å². The molecule has 0 amide bonds. The SMILES string of the molecule is NC1=NCC(c2ccccc2F)=NC1. The molecule has 0 aromatic heterocycles. The molecule has 72 valence electrons. The van der Waals surface area contributed by atoms with Crippen LogP contribution in [0.15, 0.2) is 34.3 Å². The normalized spacial score (nSPS) is 16.1. The molecule has 3 nitrogen and oxygen atoms in total. The van der Waals surface area contributed by atoms with E-state index in [1.165, 1.54) is 6.07 Å². The van der Waals surface area contributed by atoms with Crippen molar-refractivity contribution in [2.75, 3.05) is 13.1 Å². The zero-order chi connectivity index (χ0) is 9.97. The largest absolute Gasteiger partial charge is 0.386 e. The highest BCUT2D eigenvalue weighted by Crippen LogP contribution is 2.09. The molecule has 1 aromatic rings. The summed E-state index contributed by atoms with van der Waals surface area (Å²) in [6.07, 6.45) is 0. The molecule has 1 aliphatic rings. The molecule has 0 bridgehead atoms. The quantitative estimate of drug-likeness (QED) is 0.707. The van der Waals surface area contributed by atoms with E-state index in [2.05, 4.69) is 9.98 Å². The van der Waals surface area contributed by atoms with Crippen LogP contribution in [0.1, 0.15) is 5.56 Å². The summed E-state index contributed by atoms with van der Waals surface area (Å²) in [6.45, 7) is 0.733. The lowest BCUT2D eigenvalue weighted by atomic mass is 10.1. The molecule has 0 aliphatic carbocycles. The average Bonchev–Trinajstić information content (AvgIpc) is 2.20. The number of hydrogen-bond donors (Lipinski definition) is 1. The molecule has 1 heterocycles. The van der Waals surface area contributed by atoms with Crippen LogP contribution in [0.2, 0.25) is 0 Å². The average molecular weight is 191 g/mol. The Balaban J connectivity index is 2.30. The molecule has 0 spiro atoms. The van der Waals surface area contributed by atoms with Crippen LogP contribution in [-0.4, -0.2) is 24.6 Å². The molecule has 1 aromatic carbocycles. The Morgan fingerprint density at radius 3 is 2.57 bits per heavy atom. The van der Waals surface area contributed by atoms with Crippen molar-refractivity contribution in [3.8, 4) is 0 Å². The van der Waals surface area contributed by atoms with Crippen LogP contribution < -0.4 is 5.73 Å². The number of rotatable bonds is 1. The third-order valence-electron chi connectivity index (χ3n) is 2.05. The van der Waals surface area contributed by atoms with Gasteiger partial charge in [-0.1, -0.05) is 18.2 Å². The van der Waals surface area contributed by atoms with Gasteiger partial charge in [0.05, 0.1) is 18.8 Å². The zero-order valence-corrected chi connectivity index (χ0v) is 7.57. The van der Waals surface area contributed by atoms with Gasteiger partial charge in [0.1, 0.15) is 11.7 Å². The van der Waals surface area contributed by atoms with Crippen molar-refractivity contribution in [3.63, 3.8) is 0 Å². The van der Waals surface area contributed by atoms with Crippen molar-refractivity contribution in [2.24, 2.45) is 15.7 Å². The summed E-state index contributed by atoms with van der Waals surface area (Å²) in [5, 5.41) is 0. The Hall–Kier alpha value is -1.71. The van der Waals surface area contributed by atoms with Gasteiger partial charge in [-0.25, -0.2) is 4.39 Å². The van der Waals surface area contributed by atoms with Crippen LogP contribution >= 0.6 is 0 Å². The van der Waals surface area contributed by atoms with E-state index in [0.717, 1.165) is 0 Å². The van der Waals surface area contributed by atoms with E-state index in [-0.39, 0.29) is 5.82 Å². The molecule has 0 saturated heterocycles. The second-order valence-corrected chi connectivity index (χ2v) is 3.05. The topological polar surface area (TPSA) is 50.7 Å². The third kappa shape index (κ3) is 1.64. The number of aliphatic imine (C=N–C) groups is 2. The summed E-state index contributed by atoms with van der Waals surface area (Å²) in [6, 6.07) is 6.55. The van der Waals surface area contributed by atoms with E-state index in [1.54, 1.807) is 18.2 Å². The molecule has 4 heteroatoms. The standard InChI is InChI=1S/C10H10FN3/c11-8-4-2-1-3-7(8)9-5-14-10(12)6-13-9/h1-4H,5-6H2,(H2,12,14). The van der Waals surface area contributed by atoms with E-state index < -0.39 is 0 Å². The van der Waals surface area contributed by atoms with E-state index in [9.17, 15) is 4.39 Å². The van der Waals surface area contributed by atoms with Crippen LogP contribution in [0.5, 0.6) is 0 Å². The van der Waals surface area contributed by atoms with Gasteiger partial charge in [-0.05, 0) is 6.07 Å². The molecule has 1 aliphatic heterocycles. The van der Waals surface area contributed by atoms with Crippen molar-refractivity contribution >= 4 is 11.5 Å². The fourth-order valence-electron chi connectivity index (χ4n) is 1.32. The second kappa shape index (κ2) is 3.57. The Morgan fingerprint density at radius 1 is 1.14 bits per heavy atom. The van der Waals surface area contributed by atoms with E-state index in [4.69, 9.17) is 5.73 Å². The maximum atomic E-state index is 13.3. The number of benzene rings is 1. The van der Waals surface area contributed by atoms with Crippen LogP contribution in [-0.2, 0) is 0 Å². The van der Waals surface area contributed by atoms with Gasteiger partial charge in [0.15, 0.2) is 0 Å². The van der Waals surface area contributed by atoms with Crippen LogP contribution in [0.3, 0.4) is 0 Å². The summed E-state index contributed by atoms with van der Waals surface area (Å²) >= 11 is 0. The van der Waals surface area contributed by atoms with Gasteiger partial charge in [-0.3, -0.25) is 9.98 Å². The number of nitrogens with two attached hydrogens (primary N) is 1. The third-order valence-corrected chi connectivity index (χ3v) is 2.05. The van der Waals surface area contributed by atoms with Gasteiger partial charge in [-0.2, -0.15) is 0 Å². The minimum absolute atomic E-state index is 0.262. The predicted octanol–water partition coefficient (Wildman–Crippen LogP) is 0.986. The molecule has 0 atom stereocenters. The fraction of sp³-hybridized carbons (Fsp3) is 0.200. The molecule has 0 unspecified atom stereocenters. The number of nitrogens with zero attached hydrogens (tertiary/aromatic N) is 2. The molecule has 0 saturated carbocycles. The molecular formula is C10H10FN3. The Bertz CT molecular complexity index is 410. The van der Waals surface area contributed by atoms with Crippen LogP contribution in [0.25, 0.3) is 0 Å². The molecule has 0 radical (unpaired) electrons. The lowest BCUT2D eigenvalue weighted by Gasteiger charge is -2.10. The monoisotopic (exact) mass is 191 g/mol. The highest BCUT2D eigenvalue weighted by atomic mass is 19.1. The highest BCUT2D eigenvalue weighted by molar-refractivity contribution is 6.06. The smallest absolute Gasteiger partial charge is 0.132 e. The summed E-state index contributed by atoms with van der Waals surface area (Å²) in [4.78, 5) is 8.19. The Labute approximate surface area is 81.2 Å². The number of amidine groups is 1. The Morgan fingerprint density at radius 2 is 1.93 bits per heavy atom. The van der Waals surface area contributed by atoms with Crippen molar-refractivity contribution in [2.45, 2.75) is 0 Å². The van der Waals surface area contributed by atoms with E-state index >= 15 is 0 Å². The lowest BCUT2D eigenvalue weighted by molar-refractivity contribution is 0.625. The van der Waals surface area contributed by atoms with Gasteiger partial charge in [0.25, 0.3) is 0 Å². The first-order valence-electron chi connectivity index (χ1n) is 4.34. The predicted molar refractivity (Wildman–Crippen MR) is 54.3 cm³/mol. The summed E-state index contributed by atoms with van der Waals surface area (Å²) in [7, 11) is 0. The van der Waals surface area contributed by atoms with Crippen molar-refractivity contribution in [1.29, 1.82) is 0 Å². The van der Waals surface area contributed by atoms with Crippen LogP contribution in [0, 0.1) is 5.82 Å². The van der Waals surface area contributed by atoms with Gasteiger partial charge >= 0.3 is 0 Å². The van der Waals surface area contributed by atoms with Crippen molar-refractivity contribution in [3.05, 3.63) is 35.6 Å². The summed E-state index contributed by atoms with van der Waals surface area (Å²) < 4.78 is 13.3. The molecule has 2 N–H and O–H groups in total. The van der Waals surface area contributed by atoms with Gasteiger partial charge in [0.2, 0.25) is 0 Å². The minimum Gasteiger partial charge on any atom is -0.386 e. The maximum Gasteiger partial charge on any atom is 0.132 e. The van der Waals surface area contributed by atoms with Crippen molar-refractivity contribution < 1.29 is 4.39 Å². The number of halogens is 1. The first kappa shape index (κ1) is 8.87. The summed E-state index contributed by atoms with van der Waals surface area (Å²) in [5.41, 5.74) is 6.64. The minimum atomic E-state index is -0.262. The lowest BCUT2D eigenvalue weighted by Crippen LogP contribution is -2.24. The van der Waals surface area contributed by atoms with Gasteiger partial charge in [-0.15, -0.1) is 0 Å². The van der Waals surface area contributed by atoms with Gasteiger partial charge in [0, 0.05) is 5.56 Å². The maximum absolute atomic E-state index is 13.3. The van der Waals surface area contributed by atoms with Crippen molar-refractivity contribution in [1.82, 2.24) is 0 Å². The zero-order valence-electron chi connectivity index (χ0n) is 7.57.